The van der Waals surface area contributed by atoms with E-state index in [0.717, 1.165) is 11.1 Å². The van der Waals surface area contributed by atoms with Crippen LogP contribution in [0.15, 0.2) is 48.5 Å². The molecule has 27 heavy (non-hydrogen) atoms. The second-order valence-electron chi connectivity index (χ2n) is 6.08. The van der Waals surface area contributed by atoms with Gasteiger partial charge < -0.3 is 10.0 Å². The van der Waals surface area contributed by atoms with Crippen LogP contribution in [0.4, 0.5) is 0 Å². The highest BCUT2D eigenvalue weighted by molar-refractivity contribution is 7.89. The summed E-state index contributed by atoms with van der Waals surface area (Å²) in [5.74, 6) is -1.16. The van der Waals surface area contributed by atoms with Gasteiger partial charge in [0.1, 0.15) is 0 Å². The Morgan fingerprint density at radius 2 is 1.48 bits per heavy atom. The van der Waals surface area contributed by atoms with Crippen molar-refractivity contribution in [2.75, 3.05) is 12.8 Å². The molecule has 0 bridgehead atoms. The van der Waals surface area contributed by atoms with E-state index in [1.165, 1.54) is 17.0 Å². The molecule has 8 heteroatoms. The molecule has 0 heterocycles. The zero-order chi connectivity index (χ0) is 20.0. The maximum atomic E-state index is 12.5. The van der Waals surface area contributed by atoms with Crippen molar-refractivity contribution in [3.63, 3.8) is 0 Å². The second kappa shape index (κ2) is 8.79. The van der Waals surface area contributed by atoms with Gasteiger partial charge in [0.25, 0.3) is 5.91 Å². The van der Waals surface area contributed by atoms with Gasteiger partial charge in [-0.15, -0.1) is 0 Å². The van der Waals surface area contributed by atoms with Crippen LogP contribution in [0.5, 0.6) is 0 Å². The van der Waals surface area contributed by atoms with Gasteiger partial charge in [-0.3, -0.25) is 4.79 Å². The number of benzene rings is 2. The van der Waals surface area contributed by atoms with E-state index >= 15 is 0 Å². The maximum Gasteiger partial charge on any atom is 0.335 e. The largest absolute Gasteiger partial charge is 0.478 e. The highest BCUT2D eigenvalue weighted by Crippen LogP contribution is 2.11. The molecule has 0 aromatic heterocycles. The first-order valence-electron chi connectivity index (χ1n) is 8.36. The van der Waals surface area contributed by atoms with Gasteiger partial charge in [-0.2, -0.15) is 0 Å². The van der Waals surface area contributed by atoms with E-state index in [4.69, 9.17) is 5.11 Å². The van der Waals surface area contributed by atoms with Crippen molar-refractivity contribution in [3.8, 4) is 0 Å². The summed E-state index contributed by atoms with van der Waals surface area (Å²) in [5, 5.41) is 8.91. The van der Waals surface area contributed by atoms with Gasteiger partial charge >= 0.3 is 5.97 Å². The topological polar surface area (TPSA) is 104 Å². The number of aromatic carboxylic acids is 1. The highest BCUT2D eigenvalue weighted by atomic mass is 32.2. The number of hydrogen-bond acceptors (Lipinski definition) is 4. The molecule has 2 aromatic rings. The van der Waals surface area contributed by atoms with Crippen LogP contribution in [0, 0.1) is 0 Å². The molecule has 1 amide bonds. The minimum atomic E-state index is -3.26. The third kappa shape index (κ3) is 5.90. The standard InChI is InChI=1S/C19H22N2O5S/c1-3-27(25,26)20-12-14-4-8-16(9-5-14)18(22)21(2)13-15-6-10-17(11-7-15)19(23)24/h4-11,20H,3,12-13H2,1-2H3,(H,23,24). The molecule has 0 saturated heterocycles. The van der Waals surface area contributed by atoms with Gasteiger partial charge in [-0.1, -0.05) is 24.3 Å². The number of carbonyl (C=O) groups is 2. The predicted octanol–water partition coefficient (Wildman–Crippen LogP) is 2.10. The fraction of sp³-hybridized carbons (Fsp3) is 0.263. The number of carbonyl (C=O) groups excluding carboxylic acids is 1. The van der Waals surface area contributed by atoms with Crippen LogP contribution in [-0.2, 0) is 23.1 Å². The molecule has 0 saturated carbocycles. The lowest BCUT2D eigenvalue weighted by atomic mass is 10.1. The number of nitrogens with one attached hydrogen (secondary N) is 1. The van der Waals surface area contributed by atoms with Crippen LogP contribution in [-0.4, -0.2) is 43.1 Å². The van der Waals surface area contributed by atoms with E-state index in [2.05, 4.69) is 4.72 Å². The Morgan fingerprint density at radius 3 is 2.00 bits per heavy atom. The Bertz CT molecular complexity index is 906. The minimum Gasteiger partial charge on any atom is -0.478 e. The zero-order valence-corrected chi connectivity index (χ0v) is 16.0. The molecule has 0 fully saturated rings. The monoisotopic (exact) mass is 390 g/mol. The Morgan fingerprint density at radius 1 is 0.963 bits per heavy atom. The fourth-order valence-corrected chi connectivity index (χ4v) is 2.97. The first-order chi connectivity index (χ1) is 12.7. The van der Waals surface area contributed by atoms with Crippen molar-refractivity contribution < 1.29 is 23.1 Å². The van der Waals surface area contributed by atoms with Crippen molar-refractivity contribution in [2.24, 2.45) is 0 Å². The van der Waals surface area contributed by atoms with Gasteiger partial charge in [-0.25, -0.2) is 17.9 Å². The van der Waals surface area contributed by atoms with Crippen LogP contribution in [0.1, 0.15) is 38.8 Å². The Balaban J connectivity index is 1.98. The van der Waals surface area contributed by atoms with Gasteiger partial charge in [0.2, 0.25) is 10.0 Å². The molecule has 0 radical (unpaired) electrons. The van der Waals surface area contributed by atoms with Crippen LogP contribution >= 0.6 is 0 Å². The molecule has 0 aliphatic carbocycles. The van der Waals surface area contributed by atoms with Crippen molar-refractivity contribution >= 4 is 21.9 Å². The van der Waals surface area contributed by atoms with Gasteiger partial charge in [-0.05, 0) is 42.3 Å². The Hall–Kier alpha value is -2.71. The molecule has 7 nitrogen and oxygen atoms in total. The summed E-state index contributed by atoms with van der Waals surface area (Å²) in [6, 6.07) is 13.1. The molecular formula is C19H22N2O5S. The summed E-state index contributed by atoms with van der Waals surface area (Å²) < 4.78 is 25.4. The summed E-state index contributed by atoms with van der Waals surface area (Å²) >= 11 is 0. The van der Waals surface area contributed by atoms with E-state index in [1.54, 1.807) is 50.4 Å². The average Bonchev–Trinajstić information content (AvgIpc) is 2.66. The van der Waals surface area contributed by atoms with E-state index in [-0.39, 0.29) is 23.8 Å². The number of sulfonamides is 1. The fourth-order valence-electron chi connectivity index (χ4n) is 2.38. The smallest absolute Gasteiger partial charge is 0.335 e. The molecular weight excluding hydrogens is 368 g/mol. The van der Waals surface area contributed by atoms with E-state index < -0.39 is 16.0 Å². The minimum absolute atomic E-state index is 0.0157. The normalized spacial score (nSPS) is 11.2. The number of hydrogen-bond donors (Lipinski definition) is 2. The van der Waals surface area contributed by atoms with Gasteiger partial charge in [0.05, 0.1) is 11.3 Å². The molecule has 0 spiro atoms. The average molecular weight is 390 g/mol. The summed E-state index contributed by atoms with van der Waals surface area (Å²) in [4.78, 5) is 24.9. The van der Waals surface area contributed by atoms with Crippen LogP contribution in [0.2, 0.25) is 0 Å². The Labute approximate surface area is 158 Å². The number of nitrogens with zero attached hydrogens (tertiary/aromatic N) is 1. The number of amides is 1. The van der Waals surface area contributed by atoms with Crippen molar-refractivity contribution in [2.45, 2.75) is 20.0 Å². The first-order valence-corrected chi connectivity index (χ1v) is 10.0. The van der Waals surface area contributed by atoms with Crippen LogP contribution < -0.4 is 4.72 Å². The molecule has 2 N–H and O–H groups in total. The third-order valence-corrected chi connectivity index (χ3v) is 5.39. The van der Waals surface area contributed by atoms with E-state index in [0.29, 0.717) is 12.1 Å². The third-order valence-electron chi connectivity index (χ3n) is 4.04. The predicted molar refractivity (Wildman–Crippen MR) is 102 cm³/mol. The summed E-state index contributed by atoms with van der Waals surface area (Å²) in [7, 11) is -1.60. The van der Waals surface area contributed by atoms with Gasteiger partial charge in [0, 0.05) is 25.7 Å². The molecule has 0 atom stereocenters. The van der Waals surface area contributed by atoms with E-state index in [9.17, 15) is 18.0 Å². The second-order valence-corrected chi connectivity index (χ2v) is 8.18. The van der Waals surface area contributed by atoms with Crippen molar-refractivity contribution in [1.29, 1.82) is 0 Å². The number of rotatable bonds is 8. The quantitative estimate of drug-likeness (QED) is 0.718. The molecule has 0 aliphatic heterocycles. The van der Waals surface area contributed by atoms with E-state index in [1.807, 2.05) is 0 Å². The summed E-state index contributed by atoms with van der Waals surface area (Å²) in [6.45, 7) is 2.09. The number of carboxylic acids is 1. The molecule has 144 valence electrons. The van der Waals surface area contributed by atoms with Crippen LogP contribution in [0.3, 0.4) is 0 Å². The maximum absolute atomic E-state index is 12.5. The number of carboxylic acid groups (broad SMARTS) is 1. The summed E-state index contributed by atoms with van der Waals surface area (Å²) in [5.41, 5.74) is 2.26. The summed E-state index contributed by atoms with van der Waals surface area (Å²) in [6.07, 6.45) is 0. The molecule has 0 aliphatic rings. The van der Waals surface area contributed by atoms with Crippen molar-refractivity contribution in [3.05, 3.63) is 70.8 Å². The lowest BCUT2D eigenvalue weighted by Crippen LogP contribution is -2.26. The molecule has 2 aromatic carbocycles. The van der Waals surface area contributed by atoms with Gasteiger partial charge in [0.15, 0.2) is 0 Å². The molecule has 0 unspecified atom stereocenters. The lowest BCUT2D eigenvalue weighted by molar-refractivity contribution is 0.0695. The van der Waals surface area contributed by atoms with Crippen molar-refractivity contribution in [1.82, 2.24) is 9.62 Å². The zero-order valence-electron chi connectivity index (χ0n) is 15.2. The molecule has 2 rings (SSSR count). The first kappa shape index (κ1) is 20.6. The SMILES string of the molecule is CCS(=O)(=O)NCc1ccc(C(=O)N(C)Cc2ccc(C(=O)O)cc2)cc1. The Kier molecular flexibility index (Phi) is 6.70. The van der Waals surface area contributed by atoms with Crippen LogP contribution in [0.25, 0.3) is 0 Å². The highest BCUT2D eigenvalue weighted by Gasteiger charge is 2.13. The lowest BCUT2D eigenvalue weighted by Gasteiger charge is -2.17.